The highest BCUT2D eigenvalue weighted by Gasteiger charge is 2.39. The van der Waals surface area contributed by atoms with Crippen molar-refractivity contribution < 1.29 is 17.9 Å². The highest BCUT2D eigenvalue weighted by Crippen LogP contribution is 2.48. The Balaban J connectivity index is 0.00000341. The number of ether oxygens (including phenoxy) is 1. The summed E-state index contributed by atoms with van der Waals surface area (Å²) in [7, 11) is -3.13. The van der Waals surface area contributed by atoms with Gasteiger partial charge in [-0.25, -0.2) is 8.42 Å². The predicted octanol–water partition coefficient (Wildman–Crippen LogP) is 4.21. The van der Waals surface area contributed by atoms with E-state index in [1.54, 1.807) is 18.2 Å². The first-order valence-electron chi connectivity index (χ1n) is 10.9. The first-order valence-corrected chi connectivity index (χ1v) is 13.1. The van der Waals surface area contributed by atoms with Gasteiger partial charge in [0.25, 0.3) is 5.91 Å². The van der Waals surface area contributed by atoms with Crippen LogP contribution in [0.1, 0.15) is 69.2 Å². The Labute approximate surface area is 192 Å². The zero-order valence-electron chi connectivity index (χ0n) is 17.5. The van der Waals surface area contributed by atoms with Gasteiger partial charge in [-0.2, -0.15) is 0 Å². The number of nitrogens with two attached hydrogens (primary N) is 1. The number of hydrogen-bond donors (Lipinski definition) is 2. The molecule has 6 nitrogen and oxygen atoms in total. The maximum atomic E-state index is 12.8. The largest absolute Gasteiger partial charge is 0.494 e. The van der Waals surface area contributed by atoms with Crippen molar-refractivity contribution in [1.82, 2.24) is 5.32 Å². The molecule has 0 aromatic heterocycles. The molecule has 1 aromatic carbocycles. The van der Waals surface area contributed by atoms with Gasteiger partial charge in [-0.1, -0.05) is 44.7 Å². The zero-order chi connectivity index (χ0) is 21.6. The van der Waals surface area contributed by atoms with Gasteiger partial charge >= 0.3 is 0 Å². The van der Waals surface area contributed by atoms with Gasteiger partial charge in [-0.3, -0.25) is 4.79 Å². The summed E-state index contributed by atoms with van der Waals surface area (Å²) in [5.74, 6) is 1.17. The number of hydrogen-bond acceptors (Lipinski definition) is 5. The minimum atomic E-state index is -3.13. The molecule has 2 aliphatic carbocycles. The van der Waals surface area contributed by atoms with Gasteiger partial charge < -0.3 is 15.8 Å². The molecular formula is C23H37ClN2O4S. The maximum absolute atomic E-state index is 12.8. The summed E-state index contributed by atoms with van der Waals surface area (Å²) in [6.45, 7) is 1.07. The van der Waals surface area contributed by atoms with Crippen LogP contribution in [0.4, 0.5) is 0 Å². The number of benzene rings is 1. The van der Waals surface area contributed by atoms with E-state index in [2.05, 4.69) is 5.32 Å². The van der Waals surface area contributed by atoms with E-state index in [0.717, 1.165) is 5.92 Å². The lowest BCUT2D eigenvalue weighted by atomic mass is 9.62. The second-order valence-corrected chi connectivity index (χ2v) is 11.5. The van der Waals surface area contributed by atoms with Crippen LogP contribution in [-0.4, -0.2) is 45.5 Å². The SMILES string of the molecule is C.NCCS(=O)(=O)CCCOc1ccc(Cl)c(C(=O)NCC23CCCC(CCC2)C3)c1. The van der Waals surface area contributed by atoms with E-state index in [1.165, 1.54) is 44.9 Å². The molecule has 2 bridgehead atoms. The maximum Gasteiger partial charge on any atom is 0.252 e. The molecule has 1 amide bonds. The average Bonchev–Trinajstić information content (AvgIpc) is 2.71. The van der Waals surface area contributed by atoms with Gasteiger partial charge in [0.15, 0.2) is 9.84 Å². The van der Waals surface area contributed by atoms with E-state index in [9.17, 15) is 13.2 Å². The lowest BCUT2D eigenvalue weighted by Gasteiger charge is -2.45. The van der Waals surface area contributed by atoms with Gasteiger partial charge in [0.1, 0.15) is 5.75 Å². The lowest BCUT2D eigenvalue weighted by molar-refractivity contribution is 0.0681. The summed E-state index contributed by atoms with van der Waals surface area (Å²) < 4.78 is 29.1. The van der Waals surface area contributed by atoms with Crippen molar-refractivity contribution in [3.05, 3.63) is 28.8 Å². The van der Waals surface area contributed by atoms with E-state index in [-0.39, 0.29) is 43.4 Å². The topological polar surface area (TPSA) is 98.5 Å². The molecule has 31 heavy (non-hydrogen) atoms. The van der Waals surface area contributed by atoms with Gasteiger partial charge in [-0.15, -0.1) is 0 Å². The third-order valence-electron chi connectivity index (χ3n) is 6.46. The lowest BCUT2D eigenvalue weighted by Crippen LogP contribution is -2.43. The number of nitrogens with one attached hydrogen (secondary N) is 1. The van der Waals surface area contributed by atoms with Gasteiger partial charge in [-0.05, 0) is 55.2 Å². The minimum Gasteiger partial charge on any atom is -0.494 e. The number of rotatable bonds is 10. The molecule has 3 N–H and O–H groups in total. The molecule has 0 saturated heterocycles. The Hall–Kier alpha value is -1.31. The average molecular weight is 473 g/mol. The molecule has 0 aliphatic heterocycles. The van der Waals surface area contributed by atoms with Gasteiger partial charge in [0.05, 0.1) is 28.7 Å². The molecule has 8 heteroatoms. The van der Waals surface area contributed by atoms with Crippen molar-refractivity contribution in [3.8, 4) is 5.75 Å². The van der Waals surface area contributed by atoms with Crippen LogP contribution in [0.25, 0.3) is 0 Å². The molecule has 0 heterocycles. The van der Waals surface area contributed by atoms with Crippen molar-refractivity contribution >= 4 is 27.3 Å². The summed E-state index contributed by atoms with van der Waals surface area (Å²) in [5.41, 5.74) is 5.94. The van der Waals surface area contributed by atoms with Crippen molar-refractivity contribution in [2.45, 2.75) is 58.8 Å². The number of fused-ring (bicyclic) bond motifs is 2. The Morgan fingerprint density at radius 1 is 1.23 bits per heavy atom. The zero-order valence-corrected chi connectivity index (χ0v) is 19.1. The highest BCUT2D eigenvalue weighted by atomic mass is 35.5. The summed E-state index contributed by atoms with van der Waals surface area (Å²) in [5, 5.41) is 3.50. The van der Waals surface area contributed by atoms with Gasteiger partial charge in [0, 0.05) is 13.1 Å². The van der Waals surface area contributed by atoms with E-state index in [1.807, 2.05) is 0 Å². The monoisotopic (exact) mass is 472 g/mol. The second-order valence-electron chi connectivity index (χ2n) is 8.82. The fourth-order valence-corrected chi connectivity index (χ4v) is 6.28. The quantitative estimate of drug-likeness (QED) is 0.497. The highest BCUT2D eigenvalue weighted by molar-refractivity contribution is 7.91. The first kappa shape index (κ1) is 25.9. The molecule has 2 fully saturated rings. The van der Waals surface area contributed by atoms with Crippen LogP contribution < -0.4 is 15.8 Å². The van der Waals surface area contributed by atoms with E-state index >= 15 is 0 Å². The second kappa shape index (κ2) is 11.5. The van der Waals surface area contributed by atoms with Crippen LogP contribution in [0.2, 0.25) is 5.02 Å². The van der Waals surface area contributed by atoms with Crippen molar-refractivity contribution in [2.24, 2.45) is 17.1 Å². The number of carbonyl (C=O) groups excluding carboxylic acids is 1. The molecule has 3 rings (SSSR count). The minimum absolute atomic E-state index is 0. The molecule has 0 spiro atoms. The van der Waals surface area contributed by atoms with Crippen molar-refractivity contribution in [1.29, 1.82) is 0 Å². The molecule has 0 atom stereocenters. The summed E-state index contributed by atoms with van der Waals surface area (Å²) >= 11 is 6.26. The van der Waals surface area contributed by atoms with Crippen molar-refractivity contribution in [3.63, 3.8) is 0 Å². The number of amides is 1. The molecular weight excluding hydrogens is 436 g/mol. The third kappa shape index (κ3) is 7.36. The van der Waals surface area contributed by atoms with Crippen molar-refractivity contribution in [2.75, 3.05) is 31.2 Å². The van der Waals surface area contributed by atoms with Gasteiger partial charge in [0.2, 0.25) is 0 Å². The van der Waals surface area contributed by atoms with Crippen LogP contribution >= 0.6 is 11.6 Å². The molecule has 0 radical (unpaired) electrons. The van der Waals surface area contributed by atoms with E-state index in [0.29, 0.717) is 29.3 Å². The fraction of sp³-hybridized carbons (Fsp3) is 0.696. The van der Waals surface area contributed by atoms with E-state index < -0.39 is 9.84 Å². The molecule has 1 aromatic rings. The normalized spacial score (nSPS) is 23.0. The van der Waals surface area contributed by atoms with Crippen LogP contribution in [0.5, 0.6) is 5.75 Å². The molecule has 2 aliphatic rings. The smallest absolute Gasteiger partial charge is 0.252 e. The molecule has 2 saturated carbocycles. The fourth-order valence-electron chi connectivity index (χ4n) is 4.95. The Morgan fingerprint density at radius 3 is 2.61 bits per heavy atom. The Bertz CT molecular complexity index is 834. The van der Waals surface area contributed by atoms with Crippen LogP contribution in [0.3, 0.4) is 0 Å². The third-order valence-corrected chi connectivity index (χ3v) is 8.56. The number of carbonyl (C=O) groups is 1. The predicted molar refractivity (Wildman–Crippen MR) is 127 cm³/mol. The Morgan fingerprint density at radius 2 is 1.94 bits per heavy atom. The standard InChI is InChI=1S/C22H33ClN2O4S.CH4/c23-20-7-6-18(29-11-3-12-30(27,28)13-10-24)14-19(20)21(26)25-16-22-8-1-4-17(15-22)5-2-9-22;/h6-7,14,17H,1-5,8-13,15-16,24H2,(H,25,26);1H4. The number of sulfone groups is 1. The molecule has 0 unspecified atom stereocenters. The van der Waals surface area contributed by atoms with Crippen LogP contribution in [0.15, 0.2) is 18.2 Å². The van der Waals surface area contributed by atoms with Crippen LogP contribution in [-0.2, 0) is 9.84 Å². The first-order chi connectivity index (χ1) is 14.3. The van der Waals surface area contributed by atoms with E-state index in [4.69, 9.17) is 22.1 Å². The number of halogens is 1. The summed E-state index contributed by atoms with van der Waals surface area (Å²) in [6.07, 6.45) is 9.13. The summed E-state index contributed by atoms with van der Waals surface area (Å²) in [6, 6.07) is 4.97. The molecule has 176 valence electrons. The Kier molecular flexibility index (Phi) is 9.65. The van der Waals surface area contributed by atoms with Crippen LogP contribution in [0, 0.1) is 11.3 Å². The summed E-state index contributed by atoms with van der Waals surface area (Å²) in [4.78, 5) is 12.8.